The van der Waals surface area contributed by atoms with Crippen molar-refractivity contribution in [3.05, 3.63) is 47.9 Å². The lowest BCUT2D eigenvalue weighted by Gasteiger charge is -2.25. The van der Waals surface area contributed by atoms with Gasteiger partial charge in [-0.05, 0) is 31.0 Å². The topological polar surface area (TPSA) is 66.6 Å². The minimum atomic E-state index is 0.00479. The lowest BCUT2D eigenvalue weighted by Crippen LogP contribution is -2.37. The maximum absolute atomic E-state index is 12.1. The van der Waals surface area contributed by atoms with Crippen LogP contribution < -0.4 is 0 Å². The molecule has 0 saturated carbocycles. The van der Waals surface area contributed by atoms with Crippen molar-refractivity contribution in [1.29, 1.82) is 0 Å². The summed E-state index contributed by atoms with van der Waals surface area (Å²) in [6, 6.07) is 8.79. The van der Waals surface area contributed by atoms with Gasteiger partial charge in [0, 0.05) is 19.2 Å². The number of aromatic nitrogens is 1. The van der Waals surface area contributed by atoms with Crippen LogP contribution in [0.25, 0.3) is 0 Å². The minimum absolute atomic E-state index is 0.00479. The number of phenolic OH excluding ortho intramolecular Hbond substituents is 1. The van der Waals surface area contributed by atoms with Gasteiger partial charge in [-0.2, -0.15) is 0 Å². The van der Waals surface area contributed by atoms with Gasteiger partial charge in [0.15, 0.2) is 0 Å². The third kappa shape index (κ3) is 3.60. The number of carbonyl (C=O) groups is 1. The van der Waals surface area contributed by atoms with E-state index >= 15 is 0 Å². The van der Waals surface area contributed by atoms with E-state index < -0.39 is 0 Å². The van der Waals surface area contributed by atoms with Gasteiger partial charge in [-0.25, -0.2) is 0 Å². The van der Waals surface area contributed by atoms with E-state index in [1.54, 1.807) is 30.1 Å². The number of hydrogen-bond acceptors (Lipinski definition) is 4. The Kier molecular flexibility index (Phi) is 4.40. The quantitative estimate of drug-likeness (QED) is 0.905. The van der Waals surface area contributed by atoms with Crippen LogP contribution in [0.15, 0.2) is 41.1 Å². The van der Waals surface area contributed by atoms with Crippen LogP contribution in [0.1, 0.15) is 18.2 Å². The van der Waals surface area contributed by atoms with Crippen LogP contribution in [-0.4, -0.2) is 34.2 Å². The molecule has 0 fully saturated rings. The van der Waals surface area contributed by atoms with Crippen LogP contribution >= 0.6 is 0 Å². The Hall–Kier alpha value is -2.30. The molecule has 0 radical (unpaired) electrons. The summed E-state index contributed by atoms with van der Waals surface area (Å²) in [5, 5.41) is 13.0. The number of nitrogens with zero attached hydrogens (tertiary/aromatic N) is 2. The Morgan fingerprint density at radius 2 is 2.05 bits per heavy atom. The fourth-order valence-electron chi connectivity index (χ4n) is 1.96. The van der Waals surface area contributed by atoms with E-state index in [-0.39, 0.29) is 24.1 Å². The van der Waals surface area contributed by atoms with E-state index in [1.807, 2.05) is 19.1 Å². The third-order valence-electron chi connectivity index (χ3n) is 3.35. The number of amides is 1. The van der Waals surface area contributed by atoms with Crippen LogP contribution in [0.2, 0.25) is 0 Å². The van der Waals surface area contributed by atoms with Gasteiger partial charge in [0.05, 0.1) is 12.1 Å². The molecule has 20 heavy (non-hydrogen) atoms. The van der Waals surface area contributed by atoms with Gasteiger partial charge >= 0.3 is 0 Å². The lowest BCUT2D eigenvalue weighted by atomic mass is 10.1. The summed E-state index contributed by atoms with van der Waals surface area (Å²) in [5.74, 6) is 0.252. The molecule has 2 aromatic rings. The maximum atomic E-state index is 12.1. The highest BCUT2D eigenvalue weighted by atomic mass is 16.5. The number of hydrogen-bond donors (Lipinski definition) is 1. The van der Waals surface area contributed by atoms with Crippen LogP contribution in [0.5, 0.6) is 5.75 Å². The smallest absolute Gasteiger partial charge is 0.228 e. The number of phenols is 1. The standard InChI is InChI=1S/C15H18N2O3/c1-11(9-12-3-5-14(18)6-4-12)17(2)15(19)10-13-7-8-20-16-13/h3-8,11,18H,9-10H2,1-2H3/t11-/m0/s1. The van der Waals surface area contributed by atoms with Gasteiger partial charge in [0.1, 0.15) is 12.0 Å². The monoisotopic (exact) mass is 274 g/mol. The van der Waals surface area contributed by atoms with Gasteiger partial charge in [-0.3, -0.25) is 4.79 Å². The molecule has 0 aliphatic rings. The molecule has 1 amide bonds. The Balaban J connectivity index is 1.92. The van der Waals surface area contributed by atoms with Gasteiger partial charge in [0.2, 0.25) is 5.91 Å². The average molecular weight is 274 g/mol. The zero-order valence-electron chi connectivity index (χ0n) is 11.6. The molecule has 1 heterocycles. The van der Waals surface area contributed by atoms with E-state index in [0.717, 1.165) is 12.0 Å². The Morgan fingerprint density at radius 1 is 1.35 bits per heavy atom. The zero-order valence-corrected chi connectivity index (χ0v) is 11.6. The van der Waals surface area contributed by atoms with Crippen molar-refractivity contribution in [1.82, 2.24) is 10.1 Å². The summed E-state index contributed by atoms with van der Waals surface area (Å²) in [6.07, 6.45) is 2.44. The van der Waals surface area contributed by atoms with Crippen LogP contribution in [0.4, 0.5) is 0 Å². The molecule has 1 N–H and O–H groups in total. The largest absolute Gasteiger partial charge is 0.508 e. The molecule has 1 atom stereocenters. The molecule has 0 spiro atoms. The Morgan fingerprint density at radius 3 is 2.65 bits per heavy atom. The molecule has 0 aliphatic carbocycles. The summed E-state index contributed by atoms with van der Waals surface area (Å²) >= 11 is 0. The molecule has 2 rings (SSSR count). The highest BCUT2D eigenvalue weighted by Gasteiger charge is 2.17. The van der Waals surface area contributed by atoms with Gasteiger partial charge < -0.3 is 14.5 Å². The van der Waals surface area contributed by atoms with Crippen molar-refractivity contribution < 1.29 is 14.4 Å². The molecule has 0 unspecified atom stereocenters. The second kappa shape index (κ2) is 6.23. The Labute approximate surface area is 117 Å². The molecule has 106 valence electrons. The molecule has 0 aliphatic heterocycles. The van der Waals surface area contributed by atoms with E-state index in [0.29, 0.717) is 5.69 Å². The first-order valence-corrected chi connectivity index (χ1v) is 6.49. The SMILES string of the molecule is C[C@@H](Cc1ccc(O)cc1)N(C)C(=O)Cc1ccon1. The molecule has 1 aromatic carbocycles. The number of likely N-dealkylation sites (N-methyl/N-ethyl adjacent to an activating group) is 1. The molecule has 0 bridgehead atoms. The Bertz CT molecular complexity index is 549. The molecule has 0 saturated heterocycles. The summed E-state index contributed by atoms with van der Waals surface area (Å²) < 4.78 is 4.72. The van der Waals surface area contributed by atoms with E-state index in [1.165, 1.54) is 6.26 Å². The van der Waals surface area contributed by atoms with E-state index in [9.17, 15) is 9.90 Å². The molecule has 1 aromatic heterocycles. The first-order valence-electron chi connectivity index (χ1n) is 6.49. The zero-order chi connectivity index (χ0) is 14.5. The number of benzene rings is 1. The van der Waals surface area contributed by atoms with Gasteiger partial charge in [-0.15, -0.1) is 0 Å². The highest BCUT2D eigenvalue weighted by molar-refractivity contribution is 5.78. The van der Waals surface area contributed by atoms with Crippen LogP contribution in [0.3, 0.4) is 0 Å². The number of aromatic hydroxyl groups is 1. The summed E-state index contributed by atoms with van der Waals surface area (Å²) in [7, 11) is 1.79. The fraction of sp³-hybridized carbons (Fsp3) is 0.333. The van der Waals surface area contributed by atoms with Crippen LogP contribution in [0, 0.1) is 0 Å². The summed E-state index contributed by atoms with van der Waals surface area (Å²) in [4.78, 5) is 13.8. The average Bonchev–Trinajstić information content (AvgIpc) is 2.93. The van der Waals surface area contributed by atoms with Gasteiger partial charge in [-0.1, -0.05) is 17.3 Å². The van der Waals surface area contributed by atoms with Crippen molar-refractivity contribution >= 4 is 5.91 Å². The van der Waals surface area contributed by atoms with Crippen LogP contribution in [-0.2, 0) is 17.6 Å². The minimum Gasteiger partial charge on any atom is -0.508 e. The van der Waals surface area contributed by atoms with Gasteiger partial charge in [0.25, 0.3) is 0 Å². The second-order valence-corrected chi connectivity index (χ2v) is 4.89. The molecule has 5 heteroatoms. The third-order valence-corrected chi connectivity index (χ3v) is 3.35. The van der Waals surface area contributed by atoms with Crippen molar-refractivity contribution in [3.63, 3.8) is 0 Å². The van der Waals surface area contributed by atoms with Crippen molar-refractivity contribution in [2.75, 3.05) is 7.05 Å². The lowest BCUT2D eigenvalue weighted by molar-refractivity contribution is -0.131. The van der Waals surface area contributed by atoms with Crippen molar-refractivity contribution in [2.45, 2.75) is 25.8 Å². The predicted molar refractivity (Wildman–Crippen MR) is 74.2 cm³/mol. The molecular formula is C15H18N2O3. The molecular weight excluding hydrogens is 256 g/mol. The normalized spacial score (nSPS) is 12.1. The van der Waals surface area contributed by atoms with Crippen molar-refractivity contribution in [3.8, 4) is 5.75 Å². The first-order chi connectivity index (χ1) is 9.56. The highest BCUT2D eigenvalue weighted by Crippen LogP contribution is 2.13. The number of rotatable bonds is 5. The molecule has 5 nitrogen and oxygen atoms in total. The summed E-state index contributed by atoms with van der Waals surface area (Å²) in [5.41, 5.74) is 1.72. The summed E-state index contributed by atoms with van der Waals surface area (Å²) in [6.45, 7) is 1.99. The fourth-order valence-corrected chi connectivity index (χ4v) is 1.96. The predicted octanol–water partition coefficient (Wildman–Crippen LogP) is 2.01. The number of carbonyl (C=O) groups excluding carboxylic acids is 1. The maximum Gasteiger partial charge on any atom is 0.228 e. The van der Waals surface area contributed by atoms with E-state index in [2.05, 4.69) is 5.16 Å². The van der Waals surface area contributed by atoms with Crippen molar-refractivity contribution in [2.24, 2.45) is 0 Å². The van der Waals surface area contributed by atoms with E-state index in [4.69, 9.17) is 4.52 Å². The first kappa shape index (κ1) is 14.1. The second-order valence-electron chi connectivity index (χ2n) is 4.89.